The minimum Gasteiger partial charge on any atom is -0.496 e. The Balaban J connectivity index is 1.20. The molecule has 2 aromatic heterocycles. The molecular formula is C32H29FN2O5S. The van der Waals surface area contributed by atoms with Crippen molar-refractivity contribution in [2.75, 3.05) is 40.0 Å². The number of benzene rings is 2. The van der Waals surface area contributed by atoms with E-state index in [-0.39, 0.29) is 36.6 Å². The summed E-state index contributed by atoms with van der Waals surface area (Å²) in [4.78, 5) is 32.5. The van der Waals surface area contributed by atoms with Gasteiger partial charge in [-0.2, -0.15) is 0 Å². The molecule has 0 atom stereocenters. The van der Waals surface area contributed by atoms with Gasteiger partial charge in [-0.05, 0) is 29.8 Å². The van der Waals surface area contributed by atoms with E-state index in [1.54, 1.807) is 30.5 Å². The number of aromatic nitrogens is 1. The van der Waals surface area contributed by atoms with Crippen LogP contribution in [0.25, 0.3) is 10.2 Å². The summed E-state index contributed by atoms with van der Waals surface area (Å²) in [7, 11) is 1.54. The maximum Gasteiger partial charge on any atom is 0.166 e. The Labute approximate surface area is 241 Å². The first kappa shape index (κ1) is 28.4. The zero-order valence-corrected chi connectivity index (χ0v) is 23.5. The predicted octanol–water partition coefficient (Wildman–Crippen LogP) is 5.23. The first-order valence-corrected chi connectivity index (χ1v) is 14.1. The highest BCUT2D eigenvalue weighted by molar-refractivity contribution is 7.19. The number of methoxy groups -OCH3 is 1. The average Bonchev–Trinajstić information content (AvgIpc) is 3.39. The van der Waals surface area contributed by atoms with Crippen LogP contribution in [0.15, 0.2) is 60.8 Å². The normalized spacial score (nSPS) is 13.4. The number of rotatable bonds is 10. The fourth-order valence-electron chi connectivity index (χ4n) is 4.54. The average molecular weight is 573 g/mol. The van der Waals surface area contributed by atoms with Crippen molar-refractivity contribution in [3.05, 3.63) is 82.6 Å². The van der Waals surface area contributed by atoms with Crippen molar-refractivity contribution in [2.45, 2.75) is 19.3 Å². The highest BCUT2D eigenvalue weighted by Crippen LogP contribution is 2.35. The predicted molar refractivity (Wildman–Crippen MR) is 155 cm³/mol. The van der Waals surface area contributed by atoms with Crippen LogP contribution in [0.1, 0.15) is 22.4 Å². The first-order valence-electron chi connectivity index (χ1n) is 13.3. The molecule has 2 aromatic carbocycles. The quantitative estimate of drug-likeness (QED) is 0.190. The summed E-state index contributed by atoms with van der Waals surface area (Å²) in [6.07, 6.45) is 1.43. The summed E-state index contributed by atoms with van der Waals surface area (Å²) >= 11 is 1.44. The molecule has 7 nitrogen and oxygen atoms in total. The number of fused-ring (bicyclic) bond motifs is 1. The molecule has 0 spiro atoms. The zero-order chi connectivity index (χ0) is 28.6. The summed E-state index contributed by atoms with van der Waals surface area (Å²) < 4.78 is 32.3. The van der Waals surface area contributed by atoms with Crippen molar-refractivity contribution < 1.29 is 28.2 Å². The summed E-state index contributed by atoms with van der Waals surface area (Å²) in [5.41, 5.74) is 1.92. The number of morpholine rings is 1. The second-order valence-corrected chi connectivity index (χ2v) is 10.7. The number of hydrogen-bond donors (Lipinski definition) is 0. The van der Waals surface area contributed by atoms with Gasteiger partial charge in [-0.1, -0.05) is 36.1 Å². The van der Waals surface area contributed by atoms with Gasteiger partial charge in [0, 0.05) is 43.8 Å². The van der Waals surface area contributed by atoms with Gasteiger partial charge in [0.1, 0.15) is 23.1 Å². The molecule has 210 valence electrons. The van der Waals surface area contributed by atoms with Gasteiger partial charge in [0.05, 0.1) is 48.4 Å². The van der Waals surface area contributed by atoms with Gasteiger partial charge < -0.3 is 14.2 Å². The van der Waals surface area contributed by atoms with E-state index < -0.39 is 5.82 Å². The molecule has 0 bridgehead atoms. The fraction of sp³-hybridized carbons (Fsp3) is 0.281. The molecule has 0 aliphatic carbocycles. The minimum atomic E-state index is -0.595. The van der Waals surface area contributed by atoms with E-state index in [2.05, 4.69) is 21.7 Å². The number of para-hydroxylation sites is 1. The Morgan fingerprint density at radius 2 is 1.83 bits per heavy atom. The Morgan fingerprint density at radius 3 is 2.63 bits per heavy atom. The minimum absolute atomic E-state index is 0.0364. The molecule has 3 heterocycles. The molecule has 1 aliphatic rings. The number of nitrogens with zero attached hydrogens (tertiary/aromatic N) is 2. The van der Waals surface area contributed by atoms with Crippen LogP contribution in [0.5, 0.6) is 17.2 Å². The van der Waals surface area contributed by atoms with Crippen LogP contribution in [-0.2, 0) is 27.2 Å². The number of hydrogen-bond acceptors (Lipinski definition) is 8. The smallest absolute Gasteiger partial charge is 0.166 e. The van der Waals surface area contributed by atoms with E-state index >= 15 is 4.39 Å². The number of ketones is 2. The van der Waals surface area contributed by atoms with E-state index in [9.17, 15) is 9.59 Å². The maximum atomic E-state index is 15.0. The Morgan fingerprint density at radius 1 is 1.02 bits per heavy atom. The lowest BCUT2D eigenvalue weighted by Crippen LogP contribution is -2.36. The lowest BCUT2D eigenvalue weighted by Gasteiger charge is -2.24. The highest BCUT2D eigenvalue weighted by atomic mass is 32.1. The molecule has 0 radical (unpaired) electrons. The van der Waals surface area contributed by atoms with Crippen LogP contribution >= 0.6 is 11.3 Å². The van der Waals surface area contributed by atoms with Gasteiger partial charge in [0.15, 0.2) is 11.6 Å². The number of halogens is 1. The second kappa shape index (κ2) is 13.5. The third-order valence-corrected chi connectivity index (χ3v) is 7.64. The second-order valence-electron chi connectivity index (χ2n) is 9.61. The number of pyridine rings is 1. The van der Waals surface area contributed by atoms with Gasteiger partial charge in [0.2, 0.25) is 0 Å². The van der Waals surface area contributed by atoms with Gasteiger partial charge in [-0.15, -0.1) is 11.3 Å². The molecule has 0 amide bonds. The third-order valence-electron chi connectivity index (χ3n) is 6.59. The summed E-state index contributed by atoms with van der Waals surface area (Å²) in [5.74, 6) is 6.43. The van der Waals surface area contributed by atoms with E-state index in [1.807, 2.05) is 18.2 Å². The van der Waals surface area contributed by atoms with Gasteiger partial charge in [-0.25, -0.2) is 4.39 Å². The van der Waals surface area contributed by atoms with Crippen LogP contribution in [-0.4, -0.2) is 61.4 Å². The van der Waals surface area contributed by atoms with Gasteiger partial charge in [0.25, 0.3) is 0 Å². The summed E-state index contributed by atoms with van der Waals surface area (Å²) in [5, 5.41) is 0. The Kier molecular flexibility index (Phi) is 9.36. The fourth-order valence-corrected chi connectivity index (χ4v) is 5.48. The van der Waals surface area contributed by atoms with E-state index in [4.69, 9.17) is 14.2 Å². The van der Waals surface area contributed by atoms with Crippen molar-refractivity contribution in [3.63, 3.8) is 0 Å². The number of carbonyl (C=O) groups is 2. The number of carbonyl (C=O) groups excluding carboxylic acids is 2. The molecule has 0 saturated carbocycles. The van der Waals surface area contributed by atoms with E-state index in [0.29, 0.717) is 23.6 Å². The Bertz CT molecular complexity index is 1620. The van der Waals surface area contributed by atoms with Crippen molar-refractivity contribution in [1.82, 2.24) is 9.88 Å². The van der Waals surface area contributed by atoms with Crippen molar-refractivity contribution >= 4 is 33.1 Å². The van der Waals surface area contributed by atoms with E-state index in [1.165, 1.54) is 30.6 Å². The molecule has 5 rings (SSSR count). The number of ether oxygens (including phenoxy) is 3. The topological polar surface area (TPSA) is 78.0 Å². The Hall–Kier alpha value is -4.10. The van der Waals surface area contributed by atoms with Crippen LogP contribution < -0.4 is 9.47 Å². The molecule has 4 aromatic rings. The molecule has 9 heteroatoms. The molecule has 41 heavy (non-hydrogen) atoms. The van der Waals surface area contributed by atoms with Crippen molar-refractivity contribution in [2.24, 2.45) is 0 Å². The molecular weight excluding hydrogens is 543 g/mol. The highest BCUT2D eigenvalue weighted by Gasteiger charge is 2.16. The van der Waals surface area contributed by atoms with Crippen LogP contribution in [0.3, 0.4) is 0 Å². The van der Waals surface area contributed by atoms with Crippen LogP contribution in [0, 0.1) is 17.7 Å². The monoisotopic (exact) mass is 572 g/mol. The van der Waals surface area contributed by atoms with Gasteiger partial charge >= 0.3 is 0 Å². The summed E-state index contributed by atoms with van der Waals surface area (Å²) in [6.45, 7) is 3.88. The largest absolute Gasteiger partial charge is 0.496 e. The number of thiophene rings is 1. The lowest BCUT2D eigenvalue weighted by molar-refractivity contribution is -0.126. The molecule has 1 fully saturated rings. The standard InChI is InChI=1S/C32H29FN2O5S/c1-38-29-7-3-2-5-23(29)19-25(37)20-24(36)17-22-8-9-30(27(33)18-22)40-31-10-11-34-28-21-26(41-32(28)31)6-4-12-35-13-15-39-16-14-35/h2-3,5,7-11,18,21H,12-17,19-20H2,1H3. The molecule has 0 unspecified atom stereocenters. The summed E-state index contributed by atoms with van der Waals surface area (Å²) in [6, 6.07) is 15.2. The molecule has 0 N–H and O–H groups in total. The maximum absolute atomic E-state index is 15.0. The zero-order valence-electron chi connectivity index (χ0n) is 22.7. The van der Waals surface area contributed by atoms with Crippen LogP contribution in [0.2, 0.25) is 0 Å². The SMILES string of the molecule is COc1ccccc1CC(=O)CC(=O)Cc1ccc(Oc2ccnc3cc(C#CCN4CCOCC4)sc23)c(F)c1. The lowest BCUT2D eigenvalue weighted by atomic mass is 10.0. The number of Topliss-reactive ketones (excluding diaryl/α,β-unsaturated/α-hetero) is 2. The van der Waals surface area contributed by atoms with Gasteiger partial charge in [-0.3, -0.25) is 19.5 Å². The van der Waals surface area contributed by atoms with Crippen molar-refractivity contribution in [1.29, 1.82) is 0 Å². The molecule has 1 saturated heterocycles. The van der Waals surface area contributed by atoms with E-state index in [0.717, 1.165) is 47.0 Å². The molecule has 1 aliphatic heterocycles. The van der Waals surface area contributed by atoms with Crippen molar-refractivity contribution in [3.8, 4) is 29.1 Å². The first-order chi connectivity index (χ1) is 20.0. The van der Waals surface area contributed by atoms with Crippen LogP contribution in [0.4, 0.5) is 4.39 Å². The third kappa shape index (κ3) is 7.55.